The summed E-state index contributed by atoms with van der Waals surface area (Å²) >= 11 is 0. The van der Waals surface area contributed by atoms with Crippen molar-refractivity contribution in [3.05, 3.63) is 76.4 Å². The van der Waals surface area contributed by atoms with Gasteiger partial charge in [-0.05, 0) is 41.7 Å². The van der Waals surface area contributed by atoms with Crippen LogP contribution in [0.3, 0.4) is 0 Å². The van der Waals surface area contributed by atoms with Crippen LogP contribution in [0.5, 0.6) is 5.75 Å². The highest BCUT2D eigenvalue weighted by atomic mass is 16.5. The first-order chi connectivity index (χ1) is 16.3. The van der Waals surface area contributed by atoms with E-state index in [-0.39, 0.29) is 29.9 Å². The lowest BCUT2D eigenvalue weighted by atomic mass is 10.0. The van der Waals surface area contributed by atoms with Gasteiger partial charge in [-0.1, -0.05) is 39.8 Å². The molecule has 0 spiro atoms. The fourth-order valence-corrected chi connectivity index (χ4v) is 3.31. The molecule has 176 valence electrons. The first-order valence-corrected chi connectivity index (χ1v) is 11.1. The van der Waals surface area contributed by atoms with Gasteiger partial charge < -0.3 is 14.5 Å². The molecule has 3 heterocycles. The molecule has 0 radical (unpaired) electrons. The van der Waals surface area contributed by atoms with E-state index in [4.69, 9.17) is 9.15 Å². The third-order valence-electron chi connectivity index (χ3n) is 5.21. The fraction of sp³-hybridized carbons (Fsp3) is 0.280. The van der Waals surface area contributed by atoms with Crippen molar-refractivity contribution in [2.24, 2.45) is 0 Å². The molecule has 1 amide bonds. The molecule has 4 aromatic rings. The van der Waals surface area contributed by atoms with Crippen molar-refractivity contribution >= 4 is 11.7 Å². The number of aromatic nitrogens is 4. The van der Waals surface area contributed by atoms with Crippen LogP contribution < -0.4 is 15.6 Å². The molecule has 0 aliphatic heterocycles. The van der Waals surface area contributed by atoms with Crippen molar-refractivity contribution in [2.45, 2.75) is 39.5 Å². The minimum atomic E-state index is -0.387. The maximum absolute atomic E-state index is 12.7. The number of amides is 1. The molecule has 9 heteroatoms. The van der Waals surface area contributed by atoms with Gasteiger partial charge in [-0.15, -0.1) is 0 Å². The number of carbonyl (C=O) groups excluding carboxylic acids is 1. The Morgan fingerprint density at radius 2 is 1.88 bits per heavy atom. The summed E-state index contributed by atoms with van der Waals surface area (Å²) in [5.41, 5.74) is 1.97. The van der Waals surface area contributed by atoms with E-state index in [2.05, 4.69) is 34.2 Å². The van der Waals surface area contributed by atoms with E-state index in [9.17, 15) is 9.59 Å². The molecule has 4 rings (SSSR count). The molecule has 0 aliphatic carbocycles. The summed E-state index contributed by atoms with van der Waals surface area (Å²) in [5, 5.41) is 7.29. The van der Waals surface area contributed by atoms with Gasteiger partial charge in [-0.2, -0.15) is 9.78 Å². The van der Waals surface area contributed by atoms with Gasteiger partial charge in [0.25, 0.3) is 11.5 Å². The minimum Gasteiger partial charge on any atom is -0.484 e. The van der Waals surface area contributed by atoms with E-state index < -0.39 is 0 Å². The number of ether oxygens (including phenoxy) is 1. The van der Waals surface area contributed by atoms with Crippen LogP contribution in [0.2, 0.25) is 0 Å². The van der Waals surface area contributed by atoms with Crippen LogP contribution in [0.1, 0.15) is 50.8 Å². The van der Waals surface area contributed by atoms with Crippen LogP contribution in [0.15, 0.2) is 64.0 Å². The van der Waals surface area contributed by atoms with Crippen LogP contribution in [0.4, 0.5) is 5.82 Å². The molecule has 0 aliphatic rings. The normalized spacial score (nSPS) is 11.2. The molecule has 2 N–H and O–H groups in total. The summed E-state index contributed by atoms with van der Waals surface area (Å²) in [6.07, 6.45) is 1.53. The Bertz CT molecular complexity index is 1320. The van der Waals surface area contributed by atoms with Gasteiger partial charge in [-0.3, -0.25) is 14.6 Å². The number of aromatic amines is 1. The third-order valence-corrected chi connectivity index (χ3v) is 5.21. The maximum atomic E-state index is 12.7. The standard InChI is InChI=1S/C25H27N5O4/c1-15(2)17-7-9-18(10-8-17)34-14-24(32)27-22-12-20(21-6-5-11-33-21)29-30(22)25-26-19(16(3)4)13-23(31)28-25/h5-13,15-16H,14H2,1-4H3,(H,27,32)(H,26,28,31). The number of nitrogens with one attached hydrogen (secondary N) is 2. The Morgan fingerprint density at radius 3 is 2.53 bits per heavy atom. The van der Waals surface area contributed by atoms with E-state index >= 15 is 0 Å². The fourth-order valence-electron chi connectivity index (χ4n) is 3.31. The lowest BCUT2D eigenvalue weighted by molar-refractivity contribution is -0.118. The van der Waals surface area contributed by atoms with Crippen molar-refractivity contribution in [1.82, 2.24) is 19.7 Å². The van der Waals surface area contributed by atoms with Crippen LogP contribution in [0, 0.1) is 0 Å². The molecule has 0 bridgehead atoms. The van der Waals surface area contributed by atoms with Crippen LogP contribution in [-0.4, -0.2) is 32.3 Å². The Kier molecular flexibility index (Phi) is 6.62. The van der Waals surface area contributed by atoms with Gasteiger partial charge >= 0.3 is 0 Å². The minimum absolute atomic E-state index is 0.0367. The second-order valence-electron chi connectivity index (χ2n) is 8.51. The van der Waals surface area contributed by atoms with E-state index in [1.54, 1.807) is 18.2 Å². The summed E-state index contributed by atoms with van der Waals surface area (Å²) in [7, 11) is 0. The van der Waals surface area contributed by atoms with Crippen molar-refractivity contribution in [3.63, 3.8) is 0 Å². The average molecular weight is 462 g/mol. The zero-order valence-corrected chi connectivity index (χ0v) is 19.5. The van der Waals surface area contributed by atoms with Crippen molar-refractivity contribution < 1.29 is 13.9 Å². The Balaban J connectivity index is 1.58. The molecule has 0 unspecified atom stereocenters. The van der Waals surface area contributed by atoms with Gasteiger partial charge in [0, 0.05) is 12.1 Å². The molecular formula is C25H27N5O4. The molecule has 9 nitrogen and oxygen atoms in total. The predicted octanol–water partition coefficient (Wildman–Crippen LogP) is 4.48. The zero-order chi connectivity index (χ0) is 24.2. The van der Waals surface area contributed by atoms with Gasteiger partial charge in [0.15, 0.2) is 12.4 Å². The highest BCUT2D eigenvalue weighted by Gasteiger charge is 2.18. The SMILES string of the molecule is CC(C)c1ccc(OCC(=O)Nc2cc(-c3ccco3)nn2-c2nc(C(C)C)cc(=O)[nH]2)cc1. The number of benzene rings is 1. The number of hydrogen-bond donors (Lipinski definition) is 2. The average Bonchev–Trinajstić information content (AvgIpc) is 3.48. The van der Waals surface area contributed by atoms with Gasteiger partial charge in [0.05, 0.1) is 12.0 Å². The smallest absolute Gasteiger partial charge is 0.263 e. The Morgan fingerprint density at radius 1 is 1.12 bits per heavy atom. The third kappa shape index (κ3) is 5.25. The molecule has 34 heavy (non-hydrogen) atoms. The second-order valence-corrected chi connectivity index (χ2v) is 8.51. The van der Waals surface area contributed by atoms with Gasteiger partial charge in [0.1, 0.15) is 17.3 Å². The highest BCUT2D eigenvalue weighted by molar-refractivity contribution is 5.91. The quantitative estimate of drug-likeness (QED) is 0.400. The predicted molar refractivity (Wildman–Crippen MR) is 128 cm³/mol. The highest BCUT2D eigenvalue weighted by Crippen LogP contribution is 2.24. The lowest BCUT2D eigenvalue weighted by Gasteiger charge is -2.11. The number of anilines is 1. The number of furan rings is 1. The summed E-state index contributed by atoms with van der Waals surface area (Å²) in [5.74, 6) is 1.68. The van der Waals surface area contributed by atoms with Crippen LogP contribution >= 0.6 is 0 Å². The van der Waals surface area contributed by atoms with E-state index in [0.717, 1.165) is 0 Å². The van der Waals surface area contributed by atoms with Gasteiger partial charge in [0.2, 0.25) is 5.95 Å². The molecule has 0 saturated carbocycles. The summed E-state index contributed by atoms with van der Waals surface area (Å²) in [6, 6.07) is 14.2. The molecule has 1 aromatic carbocycles. The van der Waals surface area contributed by atoms with Crippen molar-refractivity contribution in [2.75, 3.05) is 11.9 Å². The molecular weight excluding hydrogens is 434 g/mol. The first-order valence-electron chi connectivity index (χ1n) is 11.1. The maximum Gasteiger partial charge on any atom is 0.263 e. The summed E-state index contributed by atoms with van der Waals surface area (Å²) < 4.78 is 12.5. The second kappa shape index (κ2) is 9.78. The monoisotopic (exact) mass is 461 g/mol. The number of H-pyrrole nitrogens is 1. The lowest BCUT2D eigenvalue weighted by Crippen LogP contribution is -2.23. The van der Waals surface area contributed by atoms with E-state index in [1.165, 1.54) is 22.6 Å². The van der Waals surface area contributed by atoms with E-state index in [0.29, 0.717) is 34.6 Å². The van der Waals surface area contributed by atoms with Crippen molar-refractivity contribution in [1.29, 1.82) is 0 Å². The Labute approximate surface area is 196 Å². The largest absolute Gasteiger partial charge is 0.484 e. The topological polar surface area (TPSA) is 115 Å². The van der Waals surface area contributed by atoms with Crippen LogP contribution in [0.25, 0.3) is 17.4 Å². The Hall–Kier alpha value is -4.14. The molecule has 0 atom stereocenters. The van der Waals surface area contributed by atoms with Crippen molar-refractivity contribution in [3.8, 4) is 23.2 Å². The van der Waals surface area contributed by atoms with E-state index in [1.807, 2.05) is 38.1 Å². The summed E-state index contributed by atoms with van der Waals surface area (Å²) in [6.45, 7) is 7.91. The first kappa shape index (κ1) is 23.0. The number of carbonyl (C=O) groups is 1. The van der Waals surface area contributed by atoms with Gasteiger partial charge in [-0.25, -0.2) is 4.98 Å². The molecule has 0 fully saturated rings. The number of hydrogen-bond acceptors (Lipinski definition) is 6. The number of rotatable bonds is 8. The zero-order valence-electron chi connectivity index (χ0n) is 19.5. The molecule has 3 aromatic heterocycles. The summed E-state index contributed by atoms with van der Waals surface area (Å²) in [4.78, 5) is 32.1. The van der Waals surface area contributed by atoms with Crippen LogP contribution in [-0.2, 0) is 4.79 Å². The molecule has 0 saturated heterocycles. The number of nitrogens with zero attached hydrogens (tertiary/aromatic N) is 3.